The van der Waals surface area contributed by atoms with Crippen LogP contribution in [0.4, 0.5) is 0 Å². The van der Waals surface area contributed by atoms with Gasteiger partial charge in [-0.15, -0.1) is 0 Å². The van der Waals surface area contributed by atoms with E-state index in [1.54, 1.807) is 23.9 Å². The Bertz CT molecular complexity index is 1580. The van der Waals surface area contributed by atoms with Gasteiger partial charge in [-0.05, 0) is 61.9 Å². The van der Waals surface area contributed by atoms with Crippen molar-refractivity contribution in [2.45, 2.75) is 19.9 Å². The molecule has 4 heterocycles. The summed E-state index contributed by atoms with van der Waals surface area (Å²) in [5, 5.41) is 0. The predicted molar refractivity (Wildman–Crippen MR) is 131 cm³/mol. The van der Waals surface area contributed by atoms with Crippen molar-refractivity contribution in [3.05, 3.63) is 108 Å². The van der Waals surface area contributed by atoms with Gasteiger partial charge in [-0.3, -0.25) is 19.1 Å². The number of hydrogen-bond acceptors (Lipinski definition) is 6. The molecular formula is C25H18BrN3O3S. The quantitative estimate of drug-likeness (QED) is 0.404. The monoisotopic (exact) mass is 519 g/mol. The van der Waals surface area contributed by atoms with Crippen LogP contribution in [0.5, 0.6) is 0 Å². The molecule has 164 valence electrons. The van der Waals surface area contributed by atoms with Crippen LogP contribution in [0, 0.1) is 0 Å². The second kappa shape index (κ2) is 8.53. The summed E-state index contributed by atoms with van der Waals surface area (Å²) in [7, 11) is 0. The summed E-state index contributed by atoms with van der Waals surface area (Å²) in [6.45, 7) is 3.29. The first-order valence-electron chi connectivity index (χ1n) is 10.2. The minimum Gasteiger partial charge on any atom is -0.458 e. The molecule has 0 saturated heterocycles. The van der Waals surface area contributed by atoms with E-state index in [4.69, 9.17) is 4.42 Å². The van der Waals surface area contributed by atoms with E-state index in [-0.39, 0.29) is 11.3 Å². The molecule has 1 aliphatic heterocycles. The van der Waals surface area contributed by atoms with E-state index < -0.39 is 6.04 Å². The fourth-order valence-electron chi connectivity index (χ4n) is 3.92. The molecule has 1 aromatic carbocycles. The maximum Gasteiger partial charge on any atom is 0.271 e. The summed E-state index contributed by atoms with van der Waals surface area (Å²) in [4.78, 5) is 35.3. The summed E-state index contributed by atoms with van der Waals surface area (Å²) >= 11 is 4.73. The highest BCUT2D eigenvalue weighted by molar-refractivity contribution is 9.10. The lowest BCUT2D eigenvalue weighted by molar-refractivity contribution is -0.114. The largest absolute Gasteiger partial charge is 0.458 e. The lowest BCUT2D eigenvalue weighted by atomic mass is 9.98. The molecule has 0 spiro atoms. The number of hydrogen-bond donors (Lipinski definition) is 0. The fraction of sp³-hybridized carbons (Fsp3) is 0.120. The van der Waals surface area contributed by atoms with Crippen molar-refractivity contribution in [1.82, 2.24) is 9.55 Å². The summed E-state index contributed by atoms with van der Waals surface area (Å²) < 4.78 is 9.26. The molecule has 0 N–H and O–H groups in total. The van der Waals surface area contributed by atoms with Gasteiger partial charge < -0.3 is 4.42 Å². The minimum absolute atomic E-state index is 0.147. The van der Waals surface area contributed by atoms with Crippen molar-refractivity contribution >= 4 is 39.1 Å². The van der Waals surface area contributed by atoms with Gasteiger partial charge in [0, 0.05) is 33.7 Å². The third kappa shape index (κ3) is 3.96. The number of fused-ring (bicyclic) bond motifs is 1. The molecule has 0 bridgehead atoms. The molecule has 1 aliphatic rings. The highest BCUT2D eigenvalue weighted by Gasteiger charge is 2.33. The van der Waals surface area contributed by atoms with Gasteiger partial charge in [0.15, 0.2) is 10.6 Å². The number of rotatable bonds is 4. The molecule has 5 rings (SSSR count). The van der Waals surface area contributed by atoms with Gasteiger partial charge in [-0.25, -0.2) is 4.99 Å². The van der Waals surface area contributed by atoms with Crippen molar-refractivity contribution in [3.8, 4) is 11.3 Å². The van der Waals surface area contributed by atoms with Crippen LogP contribution in [-0.2, 0) is 4.79 Å². The molecule has 4 aromatic rings. The Morgan fingerprint density at radius 2 is 1.85 bits per heavy atom. The standard InChI is InChI=1S/C25H18BrN3O3S/c1-14-22(15(2)30)23(20-8-7-19(32-20)17-3-5-18(26)6-4-17)29-24(31)21(33-25(29)28-14)13-16-9-11-27-12-10-16/h3-13,23H,1-2H3/b21-13+/t23-/m0/s1. The molecular weight excluding hydrogens is 502 g/mol. The summed E-state index contributed by atoms with van der Waals surface area (Å²) in [5.74, 6) is 1.03. The molecule has 6 nitrogen and oxygen atoms in total. The number of ketones is 1. The maximum atomic E-state index is 13.5. The summed E-state index contributed by atoms with van der Waals surface area (Å²) in [5.41, 5.74) is 2.60. The van der Waals surface area contributed by atoms with Crippen LogP contribution >= 0.6 is 27.3 Å². The first-order valence-corrected chi connectivity index (χ1v) is 11.8. The SMILES string of the molecule is CC(=O)C1=C(C)N=c2s/c(=C/c3ccncc3)c(=O)n2[C@H]1c1ccc(-c2ccc(Br)cc2)o1. The molecule has 1 atom stereocenters. The average Bonchev–Trinajstić information content (AvgIpc) is 3.39. The van der Waals surface area contributed by atoms with Crippen LogP contribution in [-0.4, -0.2) is 15.3 Å². The number of thiazole rings is 1. The zero-order valence-corrected chi connectivity index (χ0v) is 20.2. The minimum atomic E-state index is -0.678. The molecule has 8 heteroatoms. The number of carbonyl (C=O) groups is 1. The molecule has 3 aromatic heterocycles. The van der Waals surface area contributed by atoms with Crippen molar-refractivity contribution < 1.29 is 9.21 Å². The first-order chi connectivity index (χ1) is 15.9. The Balaban J connectivity index is 1.69. The van der Waals surface area contributed by atoms with E-state index in [1.165, 1.54) is 18.3 Å². The van der Waals surface area contributed by atoms with Crippen LogP contribution < -0.4 is 14.9 Å². The van der Waals surface area contributed by atoms with E-state index in [2.05, 4.69) is 25.9 Å². The van der Waals surface area contributed by atoms with Crippen LogP contribution in [0.2, 0.25) is 0 Å². The first kappa shape index (κ1) is 21.5. The van der Waals surface area contributed by atoms with Crippen LogP contribution in [0.3, 0.4) is 0 Å². The Morgan fingerprint density at radius 1 is 1.12 bits per heavy atom. The summed E-state index contributed by atoms with van der Waals surface area (Å²) in [6, 6.07) is 14.4. The zero-order valence-electron chi connectivity index (χ0n) is 17.8. The molecule has 0 fully saturated rings. The van der Waals surface area contributed by atoms with Crippen molar-refractivity contribution in [2.24, 2.45) is 4.99 Å². The summed E-state index contributed by atoms with van der Waals surface area (Å²) in [6.07, 6.45) is 5.16. The van der Waals surface area contributed by atoms with Crippen molar-refractivity contribution in [3.63, 3.8) is 0 Å². The van der Waals surface area contributed by atoms with E-state index in [0.717, 1.165) is 15.6 Å². The van der Waals surface area contributed by atoms with Gasteiger partial charge in [0.1, 0.15) is 17.6 Å². The highest BCUT2D eigenvalue weighted by atomic mass is 79.9. The van der Waals surface area contributed by atoms with Gasteiger partial charge in [0.2, 0.25) is 0 Å². The Kier molecular flexibility index (Phi) is 5.55. The van der Waals surface area contributed by atoms with Gasteiger partial charge in [-0.1, -0.05) is 39.4 Å². The zero-order chi connectivity index (χ0) is 23.1. The Labute approximate surface area is 201 Å². The number of Topliss-reactive ketones (excluding diaryl/α,β-unsaturated/α-hetero) is 1. The number of pyridine rings is 1. The third-order valence-electron chi connectivity index (χ3n) is 5.43. The molecule has 0 aliphatic carbocycles. The molecule has 0 unspecified atom stereocenters. The highest BCUT2D eigenvalue weighted by Crippen LogP contribution is 2.34. The number of benzene rings is 1. The molecule has 33 heavy (non-hydrogen) atoms. The average molecular weight is 520 g/mol. The number of carbonyl (C=O) groups excluding carboxylic acids is 1. The van der Waals surface area contributed by atoms with E-state index in [1.807, 2.05) is 54.6 Å². The van der Waals surface area contributed by atoms with Crippen LogP contribution in [0.1, 0.15) is 31.2 Å². The predicted octanol–water partition coefficient (Wildman–Crippen LogP) is 4.24. The van der Waals surface area contributed by atoms with Crippen LogP contribution in [0.15, 0.2) is 90.9 Å². The molecule has 0 saturated carbocycles. The van der Waals surface area contributed by atoms with Crippen molar-refractivity contribution in [1.29, 1.82) is 0 Å². The number of halogens is 1. The van der Waals surface area contributed by atoms with Gasteiger partial charge in [-0.2, -0.15) is 0 Å². The fourth-order valence-corrected chi connectivity index (χ4v) is 5.23. The molecule has 0 radical (unpaired) electrons. The Morgan fingerprint density at radius 3 is 2.55 bits per heavy atom. The normalized spacial score (nSPS) is 16.0. The second-order valence-electron chi connectivity index (χ2n) is 7.63. The molecule has 0 amide bonds. The number of aromatic nitrogens is 2. The third-order valence-corrected chi connectivity index (χ3v) is 6.94. The van der Waals surface area contributed by atoms with Gasteiger partial charge in [0.05, 0.1) is 4.53 Å². The number of nitrogens with zero attached hydrogens (tertiary/aromatic N) is 3. The van der Waals surface area contributed by atoms with Crippen LogP contribution in [0.25, 0.3) is 17.4 Å². The van der Waals surface area contributed by atoms with E-state index in [9.17, 15) is 9.59 Å². The van der Waals surface area contributed by atoms with Gasteiger partial charge in [0.25, 0.3) is 5.56 Å². The van der Waals surface area contributed by atoms with Gasteiger partial charge >= 0.3 is 0 Å². The lowest BCUT2D eigenvalue weighted by Gasteiger charge is -2.22. The maximum absolute atomic E-state index is 13.5. The Hall–Kier alpha value is -3.36. The van der Waals surface area contributed by atoms with E-state index >= 15 is 0 Å². The topological polar surface area (TPSA) is 77.5 Å². The number of furan rings is 1. The van der Waals surface area contributed by atoms with Crippen molar-refractivity contribution in [2.75, 3.05) is 0 Å². The number of allylic oxidation sites excluding steroid dienone is 2. The van der Waals surface area contributed by atoms with E-state index in [0.29, 0.717) is 32.1 Å². The second-order valence-corrected chi connectivity index (χ2v) is 9.55. The lowest BCUT2D eigenvalue weighted by Crippen LogP contribution is -2.39. The smallest absolute Gasteiger partial charge is 0.271 e.